The molecule has 3 nitrogen and oxygen atoms in total. The number of nitrogens with zero attached hydrogens (tertiary/aromatic N) is 2. The lowest BCUT2D eigenvalue weighted by atomic mass is 10.2. The highest BCUT2D eigenvalue weighted by atomic mass is 35.5. The van der Waals surface area contributed by atoms with Crippen molar-refractivity contribution >= 4 is 28.8 Å². The van der Waals surface area contributed by atoms with Gasteiger partial charge in [0.25, 0.3) is 0 Å². The summed E-state index contributed by atoms with van der Waals surface area (Å²) >= 11 is 7.53. The quantitative estimate of drug-likeness (QED) is 0.908. The minimum absolute atomic E-state index is 0.777. The number of aromatic nitrogens is 2. The normalized spacial score (nSPS) is 10.7. The molecule has 18 heavy (non-hydrogen) atoms. The monoisotopic (exact) mass is 281 g/mol. The van der Waals surface area contributed by atoms with Crippen LogP contribution < -0.4 is 5.32 Å². The van der Waals surface area contributed by atoms with Crippen LogP contribution in [0.1, 0.15) is 24.7 Å². The Kier molecular flexibility index (Phi) is 4.19. The molecule has 2 aromatic heterocycles. The average Bonchev–Trinajstić information content (AvgIpc) is 2.76. The van der Waals surface area contributed by atoms with Crippen molar-refractivity contribution in [2.75, 3.05) is 11.9 Å². The molecule has 0 aliphatic carbocycles. The molecule has 0 aliphatic heterocycles. The van der Waals surface area contributed by atoms with Gasteiger partial charge in [-0.05, 0) is 32.4 Å². The van der Waals surface area contributed by atoms with Crippen LogP contribution in [0, 0.1) is 13.8 Å². The van der Waals surface area contributed by atoms with Gasteiger partial charge in [0.15, 0.2) is 0 Å². The van der Waals surface area contributed by atoms with Gasteiger partial charge in [-0.2, -0.15) is 0 Å². The second-order valence-electron chi connectivity index (χ2n) is 4.12. The van der Waals surface area contributed by atoms with Crippen LogP contribution in [0.5, 0.6) is 0 Å². The van der Waals surface area contributed by atoms with Gasteiger partial charge in [0.05, 0.1) is 14.9 Å². The highest BCUT2D eigenvalue weighted by Crippen LogP contribution is 2.33. The first-order chi connectivity index (χ1) is 8.61. The van der Waals surface area contributed by atoms with Gasteiger partial charge in [-0.25, -0.2) is 9.97 Å². The van der Waals surface area contributed by atoms with Crippen LogP contribution >= 0.6 is 22.9 Å². The van der Waals surface area contributed by atoms with Crippen LogP contribution in [0.15, 0.2) is 12.1 Å². The van der Waals surface area contributed by atoms with E-state index in [9.17, 15) is 0 Å². The summed E-state index contributed by atoms with van der Waals surface area (Å²) in [7, 11) is 0. The number of rotatable bonds is 4. The first-order valence-electron chi connectivity index (χ1n) is 5.96. The minimum Gasteiger partial charge on any atom is -0.370 e. The third-order valence-electron chi connectivity index (χ3n) is 2.61. The fourth-order valence-corrected chi connectivity index (χ4v) is 2.82. The maximum absolute atomic E-state index is 5.99. The van der Waals surface area contributed by atoms with Crippen LogP contribution in [0.4, 0.5) is 5.82 Å². The predicted octanol–water partition coefficient (Wildman–Crippen LogP) is 4.30. The van der Waals surface area contributed by atoms with Crippen molar-refractivity contribution < 1.29 is 0 Å². The minimum atomic E-state index is 0.777. The zero-order valence-electron chi connectivity index (χ0n) is 10.7. The molecule has 0 saturated carbocycles. The summed E-state index contributed by atoms with van der Waals surface area (Å²) in [6.45, 7) is 7.01. The van der Waals surface area contributed by atoms with Crippen molar-refractivity contribution in [1.29, 1.82) is 0 Å². The number of aryl methyl sites for hydroxylation is 1. The molecule has 0 fully saturated rings. The van der Waals surface area contributed by atoms with Crippen LogP contribution in [0.25, 0.3) is 10.6 Å². The third kappa shape index (κ3) is 2.82. The zero-order valence-corrected chi connectivity index (χ0v) is 12.3. The van der Waals surface area contributed by atoms with Crippen molar-refractivity contribution in [2.24, 2.45) is 0 Å². The van der Waals surface area contributed by atoms with E-state index in [4.69, 9.17) is 11.6 Å². The molecule has 0 bridgehead atoms. The first-order valence-corrected chi connectivity index (χ1v) is 7.16. The average molecular weight is 282 g/mol. The Morgan fingerprint density at radius 2 is 2.06 bits per heavy atom. The molecule has 96 valence electrons. The Labute approximate surface area is 116 Å². The molecule has 0 atom stereocenters. The fourth-order valence-electron chi connectivity index (χ4n) is 1.73. The molecule has 0 spiro atoms. The maximum Gasteiger partial charge on any atom is 0.133 e. The van der Waals surface area contributed by atoms with Crippen LogP contribution in [0.2, 0.25) is 4.34 Å². The lowest BCUT2D eigenvalue weighted by Crippen LogP contribution is -2.07. The summed E-state index contributed by atoms with van der Waals surface area (Å²) in [6, 6.07) is 3.91. The largest absolute Gasteiger partial charge is 0.370 e. The summed E-state index contributed by atoms with van der Waals surface area (Å²) in [6.07, 6.45) is 1.07. The van der Waals surface area contributed by atoms with E-state index in [2.05, 4.69) is 22.2 Å². The Morgan fingerprint density at radius 1 is 1.28 bits per heavy atom. The van der Waals surface area contributed by atoms with Crippen molar-refractivity contribution in [3.05, 3.63) is 27.9 Å². The summed E-state index contributed by atoms with van der Waals surface area (Å²) in [4.78, 5) is 10.1. The number of anilines is 1. The van der Waals surface area contributed by atoms with Gasteiger partial charge in [-0.1, -0.05) is 18.5 Å². The third-order valence-corrected chi connectivity index (χ3v) is 3.84. The van der Waals surface area contributed by atoms with E-state index >= 15 is 0 Å². The van der Waals surface area contributed by atoms with Crippen LogP contribution in [0.3, 0.4) is 0 Å². The van der Waals surface area contributed by atoms with E-state index < -0.39 is 0 Å². The van der Waals surface area contributed by atoms with Gasteiger partial charge in [-0.3, -0.25) is 0 Å². The highest BCUT2D eigenvalue weighted by Gasteiger charge is 2.12. The molecule has 0 aliphatic rings. The Bertz CT molecular complexity index is 551. The van der Waals surface area contributed by atoms with Crippen molar-refractivity contribution in [3.8, 4) is 10.6 Å². The molecule has 0 amide bonds. The van der Waals surface area contributed by atoms with Crippen LogP contribution in [-0.4, -0.2) is 16.5 Å². The molecule has 0 unspecified atom stereocenters. The summed E-state index contributed by atoms with van der Waals surface area (Å²) in [5.74, 6) is 1.70. The van der Waals surface area contributed by atoms with Crippen LogP contribution in [-0.2, 0) is 0 Å². The van der Waals surface area contributed by atoms with E-state index in [-0.39, 0.29) is 0 Å². The van der Waals surface area contributed by atoms with E-state index in [1.54, 1.807) is 11.3 Å². The predicted molar refractivity (Wildman–Crippen MR) is 78.6 cm³/mol. The standard InChI is InChI=1S/C13H16ClN3S/c1-4-7-15-13-8(2)12(16-9(3)17-13)10-5-6-11(14)18-10/h5-6H,4,7H2,1-3H3,(H,15,16,17). The maximum atomic E-state index is 5.99. The van der Waals surface area contributed by atoms with Crippen molar-refractivity contribution in [3.63, 3.8) is 0 Å². The smallest absolute Gasteiger partial charge is 0.133 e. The molecule has 0 radical (unpaired) electrons. The number of thiophene rings is 1. The molecule has 0 saturated heterocycles. The molecule has 2 aromatic rings. The van der Waals surface area contributed by atoms with E-state index in [0.29, 0.717) is 0 Å². The van der Waals surface area contributed by atoms with Crippen molar-refractivity contribution in [1.82, 2.24) is 9.97 Å². The first kappa shape index (κ1) is 13.3. The number of hydrogen-bond acceptors (Lipinski definition) is 4. The summed E-state index contributed by atoms with van der Waals surface area (Å²) in [5.41, 5.74) is 2.05. The van der Waals surface area contributed by atoms with Gasteiger partial charge in [0.1, 0.15) is 11.6 Å². The summed E-state index contributed by atoms with van der Waals surface area (Å²) in [5, 5.41) is 3.34. The van der Waals surface area contributed by atoms with E-state index in [1.807, 2.05) is 26.0 Å². The molecular weight excluding hydrogens is 266 g/mol. The van der Waals surface area contributed by atoms with Gasteiger partial charge >= 0.3 is 0 Å². The molecule has 1 N–H and O–H groups in total. The lowest BCUT2D eigenvalue weighted by Gasteiger charge is -2.11. The topological polar surface area (TPSA) is 37.8 Å². The Morgan fingerprint density at radius 3 is 2.67 bits per heavy atom. The molecule has 5 heteroatoms. The lowest BCUT2D eigenvalue weighted by molar-refractivity contribution is 0.948. The van der Waals surface area contributed by atoms with Gasteiger partial charge in [-0.15, -0.1) is 11.3 Å². The second-order valence-corrected chi connectivity index (χ2v) is 5.84. The zero-order chi connectivity index (χ0) is 13.1. The Hall–Kier alpha value is -1.13. The number of halogens is 1. The SMILES string of the molecule is CCCNc1nc(C)nc(-c2ccc(Cl)s2)c1C. The molecule has 0 aromatic carbocycles. The van der Waals surface area contributed by atoms with E-state index in [0.717, 1.165) is 45.1 Å². The second kappa shape index (κ2) is 5.67. The molecular formula is C13H16ClN3S. The molecule has 2 rings (SSSR count). The summed E-state index contributed by atoms with van der Waals surface area (Å²) < 4.78 is 0.781. The van der Waals surface area contributed by atoms with Gasteiger partial charge in [0.2, 0.25) is 0 Å². The fraction of sp³-hybridized carbons (Fsp3) is 0.385. The van der Waals surface area contributed by atoms with Gasteiger partial charge in [0, 0.05) is 12.1 Å². The van der Waals surface area contributed by atoms with E-state index in [1.165, 1.54) is 0 Å². The number of hydrogen-bond donors (Lipinski definition) is 1. The number of nitrogens with one attached hydrogen (secondary N) is 1. The highest BCUT2D eigenvalue weighted by molar-refractivity contribution is 7.19. The van der Waals surface area contributed by atoms with Gasteiger partial charge < -0.3 is 5.32 Å². The van der Waals surface area contributed by atoms with Crippen molar-refractivity contribution in [2.45, 2.75) is 27.2 Å². The molecule has 2 heterocycles. The Balaban J connectivity index is 2.44.